The fraction of sp³-hybridized carbons (Fsp3) is 0.588. The number of carbonyl (C=O) groups excluding carboxylic acids is 1. The minimum absolute atomic E-state index is 0.182. The van der Waals surface area contributed by atoms with Crippen molar-refractivity contribution in [2.24, 2.45) is 0 Å². The maximum atomic E-state index is 12.6. The Hall–Kier alpha value is -1.76. The number of alkyl halides is 3. The van der Waals surface area contributed by atoms with E-state index in [2.05, 4.69) is 10.1 Å². The van der Waals surface area contributed by atoms with E-state index in [4.69, 9.17) is 4.74 Å². The van der Waals surface area contributed by atoms with E-state index in [-0.39, 0.29) is 12.5 Å². The fourth-order valence-electron chi connectivity index (χ4n) is 2.64. The molecule has 7 heteroatoms. The summed E-state index contributed by atoms with van der Waals surface area (Å²) in [4.78, 5) is 12.6. The Balaban J connectivity index is 1.96. The number of nitrogens with one attached hydrogen (secondary N) is 1. The van der Waals surface area contributed by atoms with Gasteiger partial charge in [0, 0.05) is 6.04 Å². The maximum Gasteiger partial charge on any atom is 0.411 e. The maximum absolute atomic E-state index is 12.6. The van der Waals surface area contributed by atoms with Crippen LogP contribution in [0.3, 0.4) is 0 Å². The van der Waals surface area contributed by atoms with Crippen molar-refractivity contribution in [1.82, 2.24) is 5.32 Å². The molecule has 1 aromatic rings. The molecular weight excluding hydrogens is 323 g/mol. The zero-order chi connectivity index (χ0) is 18.0. The Labute approximate surface area is 139 Å². The van der Waals surface area contributed by atoms with Crippen LogP contribution in [0.15, 0.2) is 18.2 Å². The summed E-state index contributed by atoms with van der Waals surface area (Å²) in [5, 5.41) is 2.75. The Morgan fingerprint density at radius 2 is 2.04 bits per heavy atom. The van der Waals surface area contributed by atoms with Crippen molar-refractivity contribution in [2.75, 3.05) is 20.3 Å². The second-order valence-electron chi connectivity index (χ2n) is 6.27. The number of aryl methyl sites for hydroxylation is 1. The van der Waals surface area contributed by atoms with Crippen molar-refractivity contribution in [3.05, 3.63) is 29.3 Å². The minimum atomic E-state index is -4.36. The highest BCUT2D eigenvalue weighted by molar-refractivity contribution is 5.91. The summed E-state index contributed by atoms with van der Waals surface area (Å²) < 4.78 is 46.1. The van der Waals surface area contributed by atoms with Crippen LogP contribution in [0.2, 0.25) is 0 Å². The predicted molar refractivity (Wildman–Crippen MR) is 83.1 cm³/mol. The lowest BCUT2D eigenvalue weighted by Gasteiger charge is -2.21. The molecule has 2 rings (SSSR count). The molecule has 0 spiro atoms. The van der Waals surface area contributed by atoms with E-state index in [0.717, 1.165) is 11.1 Å². The second-order valence-corrected chi connectivity index (χ2v) is 6.27. The number of ether oxygens (including phenoxy) is 2. The number of rotatable bonds is 7. The van der Waals surface area contributed by atoms with Gasteiger partial charge < -0.3 is 14.8 Å². The summed E-state index contributed by atoms with van der Waals surface area (Å²) in [6.07, 6.45) is -2.94. The average Bonchev–Trinajstić information content (AvgIpc) is 3.28. The van der Waals surface area contributed by atoms with Gasteiger partial charge in [0.1, 0.15) is 12.4 Å². The van der Waals surface area contributed by atoms with Gasteiger partial charge >= 0.3 is 6.18 Å². The zero-order valence-corrected chi connectivity index (χ0v) is 14.0. The number of hydrogen-bond donors (Lipinski definition) is 1. The Morgan fingerprint density at radius 3 is 2.58 bits per heavy atom. The van der Waals surface area contributed by atoms with Crippen molar-refractivity contribution in [1.29, 1.82) is 0 Å². The molecule has 1 aromatic carbocycles. The van der Waals surface area contributed by atoms with Crippen LogP contribution < -0.4 is 10.1 Å². The van der Waals surface area contributed by atoms with Crippen LogP contribution in [0.25, 0.3) is 0 Å². The normalized spacial score (nSPS) is 17.2. The Bertz CT molecular complexity index is 597. The first-order valence-corrected chi connectivity index (χ1v) is 7.78. The highest BCUT2D eigenvalue weighted by Gasteiger charge is 2.51. The summed E-state index contributed by atoms with van der Waals surface area (Å²) >= 11 is 0. The molecule has 1 unspecified atom stereocenters. The summed E-state index contributed by atoms with van der Waals surface area (Å²) in [6.45, 7) is 2.05. The van der Waals surface area contributed by atoms with E-state index in [1.165, 1.54) is 0 Å². The quantitative estimate of drug-likeness (QED) is 0.826. The van der Waals surface area contributed by atoms with Crippen LogP contribution in [-0.4, -0.2) is 38.4 Å². The fourth-order valence-corrected chi connectivity index (χ4v) is 2.64. The molecule has 1 aliphatic carbocycles. The third-order valence-electron chi connectivity index (χ3n) is 4.16. The van der Waals surface area contributed by atoms with Crippen LogP contribution in [-0.2, 0) is 14.9 Å². The molecular formula is C17H22F3NO3. The summed E-state index contributed by atoms with van der Waals surface area (Å²) in [6, 6.07) is 5.16. The predicted octanol–water partition coefficient (Wildman–Crippen LogP) is 3.12. The molecule has 1 saturated carbocycles. The van der Waals surface area contributed by atoms with Gasteiger partial charge in [-0.3, -0.25) is 4.79 Å². The minimum Gasteiger partial charge on any atom is -0.496 e. The highest BCUT2D eigenvalue weighted by Crippen LogP contribution is 2.49. The third kappa shape index (κ3) is 4.41. The first-order valence-electron chi connectivity index (χ1n) is 7.78. The monoisotopic (exact) mass is 345 g/mol. The first kappa shape index (κ1) is 18.6. The van der Waals surface area contributed by atoms with Gasteiger partial charge in [-0.2, -0.15) is 13.2 Å². The number of amides is 1. The summed E-state index contributed by atoms with van der Waals surface area (Å²) in [5.74, 6) is 0.532. The zero-order valence-electron chi connectivity index (χ0n) is 14.0. The molecule has 1 aliphatic rings. The third-order valence-corrected chi connectivity index (χ3v) is 4.16. The molecule has 0 saturated heterocycles. The molecule has 1 fully saturated rings. The van der Waals surface area contributed by atoms with Crippen LogP contribution in [0.1, 0.15) is 30.9 Å². The number of carbonyl (C=O) groups is 1. The molecule has 4 nitrogen and oxygen atoms in total. The molecule has 1 N–H and O–H groups in total. The van der Waals surface area contributed by atoms with E-state index in [1.54, 1.807) is 14.0 Å². The van der Waals surface area contributed by atoms with Gasteiger partial charge in [-0.25, -0.2) is 0 Å². The van der Waals surface area contributed by atoms with Crippen molar-refractivity contribution >= 4 is 5.91 Å². The van der Waals surface area contributed by atoms with Gasteiger partial charge in [-0.05, 0) is 43.9 Å². The number of hydrogen-bond acceptors (Lipinski definition) is 3. The molecule has 24 heavy (non-hydrogen) atoms. The van der Waals surface area contributed by atoms with Crippen molar-refractivity contribution in [3.63, 3.8) is 0 Å². The molecule has 0 radical (unpaired) electrons. The number of methoxy groups -OCH3 is 1. The van der Waals surface area contributed by atoms with Gasteiger partial charge in [0.15, 0.2) is 0 Å². The summed E-state index contributed by atoms with van der Waals surface area (Å²) in [7, 11) is 1.58. The number of benzene rings is 1. The van der Waals surface area contributed by atoms with Gasteiger partial charge in [-0.1, -0.05) is 12.1 Å². The van der Waals surface area contributed by atoms with Crippen molar-refractivity contribution < 1.29 is 27.4 Å². The lowest BCUT2D eigenvalue weighted by Crippen LogP contribution is -2.42. The highest BCUT2D eigenvalue weighted by atomic mass is 19.4. The van der Waals surface area contributed by atoms with Gasteiger partial charge in [-0.15, -0.1) is 0 Å². The lowest BCUT2D eigenvalue weighted by molar-refractivity contribution is -0.175. The molecule has 1 atom stereocenters. The Kier molecular flexibility index (Phi) is 5.42. The van der Waals surface area contributed by atoms with Crippen LogP contribution >= 0.6 is 0 Å². The topological polar surface area (TPSA) is 47.6 Å². The van der Waals surface area contributed by atoms with Crippen molar-refractivity contribution in [3.8, 4) is 5.75 Å². The molecule has 0 heterocycles. The van der Waals surface area contributed by atoms with Gasteiger partial charge in [0.05, 0.1) is 19.1 Å². The first-order chi connectivity index (χ1) is 11.2. The van der Waals surface area contributed by atoms with E-state index in [0.29, 0.717) is 18.6 Å². The van der Waals surface area contributed by atoms with E-state index >= 15 is 0 Å². The molecule has 134 valence electrons. The van der Waals surface area contributed by atoms with Gasteiger partial charge in [0.2, 0.25) is 5.91 Å². The smallest absolute Gasteiger partial charge is 0.411 e. The molecule has 0 aliphatic heterocycles. The van der Waals surface area contributed by atoms with Crippen LogP contribution in [0.4, 0.5) is 13.2 Å². The summed E-state index contributed by atoms with van der Waals surface area (Å²) in [5.41, 5.74) is 1.23. The van der Waals surface area contributed by atoms with E-state index in [1.807, 2.05) is 25.1 Å². The molecule has 1 amide bonds. The Morgan fingerprint density at radius 1 is 1.38 bits per heavy atom. The molecule has 0 bridgehead atoms. The second kappa shape index (κ2) is 7.01. The van der Waals surface area contributed by atoms with Crippen molar-refractivity contribution in [2.45, 2.75) is 44.3 Å². The standard InChI is InChI=1S/C17H22F3NO3/c1-11-4-5-13(8-14(11)23-3)16(6-7-16)15(22)21-12(2)9-24-10-17(18,19)20/h4-5,8,12H,6-7,9-10H2,1-3H3,(H,21,22). The van der Waals surface area contributed by atoms with Crippen LogP contribution in [0, 0.1) is 6.92 Å². The lowest BCUT2D eigenvalue weighted by atomic mass is 9.93. The van der Waals surface area contributed by atoms with E-state index < -0.39 is 24.2 Å². The molecule has 0 aromatic heterocycles. The number of halogens is 3. The van der Waals surface area contributed by atoms with E-state index in [9.17, 15) is 18.0 Å². The average molecular weight is 345 g/mol. The SMILES string of the molecule is COc1cc(C2(C(=O)NC(C)COCC(F)(F)F)CC2)ccc1C. The van der Waals surface area contributed by atoms with Gasteiger partial charge in [0.25, 0.3) is 0 Å². The largest absolute Gasteiger partial charge is 0.496 e. The van der Waals surface area contributed by atoms with Crippen LogP contribution in [0.5, 0.6) is 5.75 Å².